The van der Waals surface area contributed by atoms with Gasteiger partial charge in [-0.3, -0.25) is 9.59 Å². The Morgan fingerprint density at radius 3 is 2.96 bits per heavy atom. The molecule has 144 valence electrons. The zero-order chi connectivity index (χ0) is 18.9. The standard InChI is InChI=1S/C21H28N4O2/c1-2-3-13-23-15-21(11-8-19(23)26)10-5-14-24(16-21)20(27)18-7-4-6-17-9-12-22-25(17)18/h4,6-7,9,12H,2-3,5,8,10-11,13-16H2,1H3/t21-/m1/s1. The van der Waals surface area contributed by atoms with E-state index in [1.54, 1.807) is 10.7 Å². The van der Waals surface area contributed by atoms with Gasteiger partial charge in [-0.1, -0.05) is 19.4 Å². The van der Waals surface area contributed by atoms with Gasteiger partial charge in [0.15, 0.2) is 0 Å². The van der Waals surface area contributed by atoms with Crippen molar-refractivity contribution in [3.63, 3.8) is 0 Å². The van der Waals surface area contributed by atoms with E-state index < -0.39 is 0 Å². The fourth-order valence-electron chi connectivity index (χ4n) is 4.64. The Bertz CT molecular complexity index is 846. The molecule has 0 radical (unpaired) electrons. The van der Waals surface area contributed by atoms with Crippen LogP contribution in [0.5, 0.6) is 0 Å². The van der Waals surface area contributed by atoms with Gasteiger partial charge in [-0.2, -0.15) is 5.10 Å². The van der Waals surface area contributed by atoms with Crippen LogP contribution in [0.4, 0.5) is 0 Å². The molecule has 2 saturated heterocycles. The molecule has 6 nitrogen and oxygen atoms in total. The van der Waals surface area contributed by atoms with E-state index in [9.17, 15) is 9.59 Å². The molecule has 0 aromatic carbocycles. The zero-order valence-electron chi connectivity index (χ0n) is 16.1. The molecule has 1 atom stereocenters. The van der Waals surface area contributed by atoms with Crippen LogP contribution in [0.15, 0.2) is 30.5 Å². The molecule has 2 aromatic rings. The van der Waals surface area contributed by atoms with Gasteiger partial charge in [0.25, 0.3) is 5.91 Å². The van der Waals surface area contributed by atoms with Crippen molar-refractivity contribution in [3.05, 3.63) is 36.2 Å². The lowest BCUT2D eigenvalue weighted by atomic mass is 9.73. The van der Waals surface area contributed by atoms with Gasteiger partial charge in [0.1, 0.15) is 5.69 Å². The van der Waals surface area contributed by atoms with E-state index in [1.165, 1.54) is 0 Å². The number of hydrogen-bond acceptors (Lipinski definition) is 3. The first-order valence-electron chi connectivity index (χ1n) is 10.1. The first-order valence-corrected chi connectivity index (χ1v) is 10.1. The Balaban J connectivity index is 1.53. The Morgan fingerprint density at radius 1 is 1.22 bits per heavy atom. The van der Waals surface area contributed by atoms with E-state index in [0.29, 0.717) is 12.1 Å². The van der Waals surface area contributed by atoms with Crippen LogP contribution < -0.4 is 0 Å². The van der Waals surface area contributed by atoms with Crippen molar-refractivity contribution >= 4 is 17.3 Å². The van der Waals surface area contributed by atoms with Gasteiger partial charge in [-0.25, -0.2) is 4.52 Å². The molecule has 0 unspecified atom stereocenters. The van der Waals surface area contributed by atoms with Crippen molar-refractivity contribution in [3.8, 4) is 0 Å². The van der Waals surface area contributed by atoms with Crippen molar-refractivity contribution in [1.29, 1.82) is 0 Å². The van der Waals surface area contributed by atoms with Crippen LogP contribution in [0, 0.1) is 5.41 Å². The number of piperidine rings is 2. The van der Waals surface area contributed by atoms with Crippen molar-refractivity contribution in [2.75, 3.05) is 26.2 Å². The van der Waals surface area contributed by atoms with Gasteiger partial charge in [0.05, 0.1) is 11.7 Å². The third kappa shape index (κ3) is 3.45. The average molecular weight is 368 g/mol. The molecule has 4 heterocycles. The molecular weight excluding hydrogens is 340 g/mol. The summed E-state index contributed by atoms with van der Waals surface area (Å²) < 4.78 is 1.72. The second kappa shape index (κ2) is 7.33. The smallest absolute Gasteiger partial charge is 0.272 e. The maximum absolute atomic E-state index is 13.2. The lowest BCUT2D eigenvalue weighted by Gasteiger charge is -2.48. The Hall–Kier alpha value is -2.37. The predicted molar refractivity (Wildman–Crippen MR) is 103 cm³/mol. The van der Waals surface area contributed by atoms with Crippen molar-refractivity contribution in [2.24, 2.45) is 5.41 Å². The molecule has 0 N–H and O–H groups in total. The number of pyridine rings is 1. The monoisotopic (exact) mass is 368 g/mol. The number of amides is 2. The second-order valence-corrected chi connectivity index (χ2v) is 8.08. The molecule has 2 fully saturated rings. The van der Waals surface area contributed by atoms with Gasteiger partial charge in [0, 0.05) is 38.0 Å². The van der Waals surface area contributed by atoms with Crippen molar-refractivity contribution in [1.82, 2.24) is 19.4 Å². The number of likely N-dealkylation sites (tertiary alicyclic amines) is 2. The van der Waals surface area contributed by atoms with Crippen molar-refractivity contribution < 1.29 is 9.59 Å². The summed E-state index contributed by atoms with van der Waals surface area (Å²) in [6, 6.07) is 7.63. The van der Waals surface area contributed by atoms with Crippen LogP contribution in [-0.2, 0) is 4.79 Å². The number of carbonyl (C=O) groups excluding carboxylic acids is 2. The minimum absolute atomic E-state index is 0.0420. The maximum atomic E-state index is 13.2. The van der Waals surface area contributed by atoms with Crippen LogP contribution in [0.2, 0.25) is 0 Å². The topological polar surface area (TPSA) is 57.9 Å². The summed E-state index contributed by atoms with van der Waals surface area (Å²) in [4.78, 5) is 29.6. The predicted octanol–water partition coefficient (Wildman–Crippen LogP) is 2.98. The normalized spacial score (nSPS) is 23.4. The fourth-order valence-corrected chi connectivity index (χ4v) is 4.64. The highest BCUT2D eigenvalue weighted by molar-refractivity contribution is 5.93. The molecule has 0 aliphatic carbocycles. The number of nitrogens with zero attached hydrogens (tertiary/aromatic N) is 4. The van der Waals surface area contributed by atoms with Crippen LogP contribution in [0.1, 0.15) is 55.9 Å². The minimum Gasteiger partial charge on any atom is -0.342 e. The number of unbranched alkanes of at least 4 members (excludes halogenated alkanes) is 1. The molecule has 2 aliphatic heterocycles. The quantitative estimate of drug-likeness (QED) is 0.834. The van der Waals surface area contributed by atoms with Gasteiger partial charge in [-0.15, -0.1) is 0 Å². The van der Waals surface area contributed by atoms with Crippen LogP contribution in [0.25, 0.3) is 5.52 Å². The first kappa shape index (κ1) is 18.0. The molecule has 0 saturated carbocycles. The number of fused-ring (bicyclic) bond motifs is 1. The third-order valence-corrected chi connectivity index (χ3v) is 6.12. The molecule has 4 rings (SSSR count). The van der Waals surface area contributed by atoms with Crippen molar-refractivity contribution in [2.45, 2.75) is 45.4 Å². The minimum atomic E-state index is 0.0420. The number of aromatic nitrogens is 2. The highest BCUT2D eigenvalue weighted by Crippen LogP contribution is 2.39. The fraction of sp³-hybridized carbons (Fsp3) is 0.571. The summed E-state index contributed by atoms with van der Waals surface area (Å²) in [5.74, 6) is 0.319. The molecule has 27 heavy (non-hydrogen) atoms. The summed E-state index contributed by atoms with van der Waals surface area (Å²) >= 11 is 0. The summed E-state index contributed by atoms with van der Waals surface area (Å²) in [5.41, 5.74) is 1.60. The number of hydrogen-bond donors (Lipinski definition) is 0. The Kier molecular flexibility index (Phi) is 4.89. The average Bonchev–Trinajstić information content (AvgIpc) is 3.17. The maximum Gasteiger partial charge on any atom is 0.272 e. The molecule has 1 spiro atoms. The Labute approximate surface area is 160 Å². The summed E-state index contributed by atoms with van der Waals surface area (Å²) in [6.45, 7) is 5.31. The molecule has 2 amide bonds. The van der Waals surface area contributed by atoms with Crippen LogP contribution in [0.3, 0.4) is 0 Å². The lowest BCUT2D eigenvalue weighted by molar-refractivity contribution is -0.139. The van der Waals surface area contributed by atoms with Gasteiger partial charge in [-0.05, 0) is 43.9 Å². The van der Waals surface area contributed by atoms with Crippen LogP contribution >= 0.6 is 0 Å². The third-order valence-electron chi connectivity index (χ3n) is 6.12. The molecular formula is C21H28N4O2. The molecule has 2 aliphatic rings. The highest BCUT2D eigenvalue weighted by Gasteiger charge is 2.42. The molecule has 2 aromatic heterocycles. The van der Waals surface area contributed by atoms with E-state index in [2.05, 4.69) is 12.0 Å². The Morgan fingerprint density at radius 2 is 2.11 bits per heavy atom. The SMILES string of the molecule is CCCCN1C[C@@]2(CCCN(C(=O)c3cccc4ccnn34)C2)CCC1=O. The van der Waals surface area contributed by atoms with E-state index in [1.807, 2.05) is 34.1 Å². The largest absolute Gasteiger partial charge is 0.342 e. The summed E-state index contributed by atoms with van der Waals surface area (Å²) in [5, 5.41) is 4.31. The first-order chi connectivity index (χ1) is 13.1. The lowest BCUT2D eigenvalue weighted by Crippen LogP contribution is -2.55. The van der Waals surface area contributed by atoms with E-state index >= 15 is 0 Å². The summed E-state index contributed by atoms with van der Waals surface area (Å²) in [7, 11) is 0. The zero-order valence-corrected chi connectivity index (χ0v) is 16.1. The van der Waals surface area contributed by atoms with E-state index in [-0.39, 0.29) is 17.2 Å². The summed E-state index contributed by atoms with van der Waals surface area (Å²) in [6.07, 6.45) is 7.46. The second-order valence-electron chi connectivity index (χ2n) is 8.08. The number of carbonyl (C=O) groups is 2. The molecule has 6 heteroatoms. The van der Waals surface area contributed by atoms with Gasteiger partial charge >= 0.3 is 0 Å². The number of rotatable bonds is 4. The van der Waals surface area contributed by atoms with E-state index in [4.69, 9.17) is 0 Å². The van der Waals surface area contributed by atoms with Gasteiger partial charge < -0.3 is 9.80 Å². The highest BCUT2D eigenvalue weighted by atomic mass is 16.2. The van der Waals surface area contributed by atoms with E-state index in [0.717, 1.165) is 63.8 Å². The molecule has 0 bridgehead atoms. The van der Waals surface area contributed by atoms with Gasteiger partial charge in [0.2, 0.25) is 5.91 Å². The van der Waals surface area contributed by atoms with Crippen LogP contribution in [-0.4, -0.2) is 57.4 Å².